The van der Waals surface area contributed by atoms with E-state index in [1.54, 1.807) is 0 Å². The van der Waals surface area contributed by atoms with Crippen LogP contribution in [-0.2, 0) is 0 Å². The monoisotopic (exact) mass is 197 g/mol. The molecule has 0 aromatic rings. The quantitative estimate of drug-likeness (QED) is 0.443. The van der Waals surface area contributed by atoms with Gasteiger partial charge in [0, 0.05) is 0 Å². The summed E-state index contributed by atoms with van der Waals surface area (Å²) in [6.45, 7) is 2.11. The summed E-state index contributed by atoms with van der Waals surface area (Å²) in [6, 6.07) is 0.284. The third kappa shape index (κ3) is 2.90. The number of nitrogens with two attached hydrogens (primary N) is 3. The normalized spacial score (nSPS) is 19.9. The Labute approximate surface area is 84.5 Å². The Morgan fingerprint density at radius 3 is 2.36 bits per heavy atom. The second kappa shape index (κ2) is 4.83. The van der Waals surface area contributed by atoms with E-state index in [1.165, 1.54) is 19.3 Å². The second-order valence-electron chi connectivity index (χ2n) is 3.69. The highest BCUT2D eigenvalue weighted by Gasteiger charge is 2.25. The van der Waals surface area contributed by atoms with Crippen molar-refractivity contribution in [2.45, 2.75) is 38.6 Å². The number of guanidine groups is 2. The zero-order valence-electron chi connectivity index (χ0n) is 8.61. The maximum atomic E-state index is 5.57. The van der Waals surface area contributed by atoms with E-state index in [0.29, 0.717) is 5.92 Å². The molecule has 14 heavy (non-hydrogen) atoms. The van der Waals surface area contributed by atoms with Gasteiger partial charge >= 0.3 is 0 Å². The molecule has 1 fully saturated rings. The van der Waals surface area contributed by atoms with Crippen molar-refractivity contribution in [3.63, 3.8) is 0 Å². The lowest BCUT2D eigenvalue weighted by molar-refractivity contribution is 0.258. The van der Waals surface area contributed by atoms with Gasteiger partial charge in [0.05, 0.1) is 6.04 Å². The van der Waals surface area contributed by atoms with Crippen LogP contribution < -0.4 is 17.2 Å². The van der Waals surface area contributed by atoms with E-state index in [2.05, 4.69) is 16.9 Å². The zero-order chi connectivity index (χ0) is 10.6. The standard InChI is InChI=1S/C9H19N5/c1-2-7(6-4-3-5-6)13-9(12)14-8(10)11/h6-7H,2-5H2,1H3,(H6,10,11,12,13,14). The summed E-state index contributed by atoms with van der Waals surface area (Å²) >= 11 is 0. The molecule has 5 nitrogen and oxygen atoms in total. The van der Waals surface area contributed by atoms with Crippen molar-refractivity contribution in [1.29, 1.82) is 0 Å². The summed E-state index contributed by atoms with van der Waals surface area (Å²) in [6.07, 6.45) is 4.79. The van der Waals surface area contributed by atoms with Crippen LogP contribution in [0.5, 0.6) is 0 Å². The molecule has 0 aromatic heterocycles. The van der Waals surface area contributed by atoms with Crippen molar-refractivity contribution in [2.24, 2.45) is 33.1 Å². The Morgan fingerprint density at radius 1 is 1.36 bits per heavy atom. The third-order valence-electron chi connectivity index (χ3n) is 2.65. The highest BCUT2D eigenvalue weighted by atomic mass is 15.1. The summed E-state index contributed by atoms with van der Waals surface area (Å²) in [5.41, 5.74) is 16.0. The Hall–Kier alpha value is -1.26. The van der Waals surface area contributed by atoms with Gasteiger partial charge in [0.2, 0.25) is 5.96 Å². The molecule has 1 saturated carbocycles. The molecule has 1 aliphatic rings. The number of rotatable bonds is 3. The number of aliphatic imine (C=N–C) groups is 2. The van der Waals surface area contributed by atoms with Gasteiger partial charge in [-0.15, -0.1) is 0 Å². The van der Waals surface area contributed by atoms with Gasteiger partial charge in [0.15, 0.2) is 5.96 Å². The molecule has 80 valence electrons. The predicted molar refractivity (Wildman–Crippen MR) is 58.9 cm³/mol. The SMILES string of the molecule is CCC(N=C(N)N=C(N)N)C1CCC1. The molecule has 0 radical (unpaired) electrons. The highest BCUT2D eigenvalue weighted by molar-refractivity contribution is 5.92. The van der Waals surface area contributed by atoms with Crippen molar-refractivity contribution in [2.75, 3.05) is 0 Å². The molecule has 0 amide bonds. The van der Waals surface area contributed by atoms with E-state index >= 15 is 0 Å². The van der Waals surface area contributed by atoms with Gasteiger partial charge in [-0.05, 0) is 25.2 Å². The lowest BCUT2D eigenvalue weighted by Crippen LogP contribution is -2.30. The predicted octanol–water partition coefficient (Wildman–Crippen LogP) is 0.153. The van der Waals surface area contributed by atoms with Crippen LogP contribution in [0.15, 0.2) is 9.98 Å². The minimum Gasteiger partial charge on any atom is -0.370 e. The summed E-state index contributed by atoms with van der Waals surface area (Å²) in [5, 5.41) is 0. The van der Waals surface area contributed by atoms with E-state index in [-0.39, 0.29) is 18.0 Å². The van der Waals surface area contributed by atoms with Gasteiger partial charge in [-0.2, -0.15) is 4.99 Å². The summed E-state index contributed by atoms with van der Waals surface area (Å²) in [5.74, 6) is 0.839. The van der Waals surface area contributed by atoms with Crippen LogP contribution in [0.1, 0.15) is 32.6 Å². The van der Waals surface area contributed by atoms with Crippen molar-refractivity contribution < 1.29 is 0 Å². The molecule has 0 aromatic carbocycles. The number of hydrogen-bond donors (Lipinski definition) is 3. The Kier molecular flexibility index (Phi) is 3.73. The minimum absolute atomic E-state index is 0.0327. The average Bonchev–Trinajstić information content (AvgIpc) is 1.98. The molecule has 1 rings (SSSR count). The lowest BCUT2D eigenvalue weighted by Gasteiger charge is -2.30. The van der Waals surface area contributed by atoms with Crippen LogP contribution in [0.3, 0.4) is 0 Å². The van der Waals surface area contributed by atoms with Crippen LogP contribution in [-0.4, -0.2) is 18.0 Å². The van der Waals surface area contributed by atoms with E-state index in [9.17, 15) is 0 Å². The smallest absolute Gasteiger partial charge is 0.218 e. The molecule has 0 saturated heterocycles. The molecular weight excluding hydrogens is 178 g/mol. The van der Waals surface area contributed by atoms with Crippen LogP contribution >= 0.6 is 0 Å². The first-order chi connectivity index (χ1) is 6.63. The van der Waals surface area contributed by atoms with E-state index in [0.717, 1.165) is 6.42 Å². The highest BCUT2D eigenvalue weighted by Crippen LogP contribution is 2.32. The first-order valence-corrected chi connectivity index (χ1v) is 5.06. The molecule has 6 N–H and O–H groups in total. The number of nitrogens with zero attached hydrogens (tertiary/aromatic N) is 2. The van der Waals surface area contributed by atoms with Crippen LogP contribution in [0.2, 0.25) is 0 Å². The number of hydrogen-bond acceptors (Lipinski definition) is 1. The summed E-state index contributed by atoms with van der Waals surface area (Å²) in [7, 11) is 0. The Balaban J connectivity index is 2.56. The van der Waals surface area contributed by atoms with Gasteiger partial charge in [-0.3, -0.25) is 0 Å². The fourth-order valence-electron chi connectivity index (χ4n) is 1.69. The molecule has 1 atom stereocenters. The van der Waals surface area contributed by atoms with Gasteiger partial charge in [-0.1, -0.05) is 13.3 Å². The van der Waals surface area contributed by atoms with Crippen LogP contribution in [0, 0.1) is 5.92 Å². The van der Waals surface area contributed by atoms with E-state index < -0.39 is 0 Å². The first-order valence-electron chi connectivity index (χ1n) is 5.06. The Bertz CT molecular complexity index is 238. The second-order valence-corrected chi connectivity index (χ2v) is 3.69. The topological polar surface area (TPSA) is 103 Å². The molecule has 0 heterocycles. The van der Waals surface area contributed by atoms with Crippen molar-refractivity contribution >= 4 is 11.9 Å². The van der Waals surface area contributed by atoms with Crippen LogP contribution in [0.4, 0.5) is 0 Å². The maximum Gasteiger partial charge on any atom is 0.218 e. The van der Waals surface area contributed by atoms with Gasteiger partial charge in [0.25, 0.3) is 0 Å². The van der Waals surface area contributed by atoms with E-state index in [4.69, 9.17) is 17.2 Å². The third-order valence-corrected chi connectivity index (χ3v) is 2.65. The van der Waals surface area contributed by atoms with Gasteiger partial charge < -0.3 is 17.2 Å². The van der Waals surface area contributed by atoms with Crippen molar-refractivity contribution in [3.8, 4) is 0 Å². The van der Waals surface area contributed by atoms with Crippen molar-refractivity contribution in [1.82, 2.24) is 0 Å². The maximum absolute atomic E-state index is 5.57. The summed E-state index contributed by atoms with van der Waals surface area (Å²) < 4.78 is 0. The average molecular weight is 197 g/mol. The lowest BCUT2D eigenvalue weighted by atomic mass is 9.79. The molecule has 0 aliphatic heterocycles. The fraction of sp³-hybridized carbons (Fsp3) is 0.778. The minimum atomic E-state index is -0.0327. The fourth-order valence-corrected chi connectivity index (χ4v) is 1.69. The van der Waals surface area contributed by atoms with Gasteiger partial charge in [-0.25, -0.2) is 4.99 Å². The molecule has 0 spiro atoms. The van der Waals surface area contributed by atoms with Crippen LogP contribution in [0.25, 0.3) is 0 Å². The largest absolute Gasteiger partial charge is 0.370 e. The zero-order valence-corrected chi connectivity index (χ0v) is 8.61. The summed E-state index contributed by atoms with van der Waals surface area (Å²) in [4.78, 5) is 8.01. The van der Waals surface area contributed by atoms with Gasteiger partial charge in [0.1, 0.15) is 0 Å². The first kappa shape index (κ1) is 10.8. The Morgan fingerprint density at radius 2 is 2.00 bits per heavy atom. The molecule has 0 bridgehead atoms. The van der Waals surface area contributed by atoms with Crippen molar-refractivity contribution in [3.05, 3.63) is 0 Å². The molecule has 1 aliphatic carbocycles. The molecule has 5 heteroatoms. The molecular formula is C9H19N5. The molecule has 1 unspecified atom stereocenters. The van der Waals surface area contributed by atoms with E-state index in [1.807, 2.05) is 0 Å².